The van der Waals surface area contributed by atoms with Crippen LogP contribution in [0.5, 0.6) is 0 Å². The van der Waals surface area contributed by atoms with Crippen molar-refractivity contribution in [1.29, 1.82) is 0 Å². The minimum atomic E-state index is -0.147. The van der Waals surface area contributed by atoms with Crippen molar-refractivity contribution in [3.63, 3.8) is 0 Å². The maximum absolute atomic E-state index is 11.5. The number of ketones is 1. The van der Waals surface area contributed by atoms with E-state index >= 15 is 0 Å². The number of carbonyl (C=O) groups is 1. The minimum absolute atomic E-state index is 0.114. The van der Waals surface area contributed by atoms with Crippen LogP contribution in [0.25, 0.3) is 22.2 Å². The number of aromatic amines is 1. The molecule has 0 aromatic carbocycles. The summed E-state index contributed by atoms with van der Waals surface area (Å²) < 4.78 is 0. The molecule has 9 nitrogen and oxygen atoms in total. The fraction of sp³-hybridized carbons (Fsp3) is 0.333. The Labute approximate surface area is 193 Å². The number of carbonyl (C=O) groups excluding carboxylic acids is 1. The van der Waals surface area contributed by atoms with Crippen LogP contribution in [0.15, 0.2) is 28.5 Å². The first-order valence-corrected chi connectivity index (χ1v) is 11.5. The normalized spacial score (nSPS) is 16.4. The number of H-pyrrole nitrogens is 1. The average Bonchev–Trinajstić information content (AvgIpc) is 3.35. The second-order valence-corrected chi connectivity index (χ2v) is 9.17. The van der Waals surface area contributed by atoms with Crippen LogP contribution in [-0.4, -0.2) is 54.8 Å². The number of anilines is 1. The molecule has 4 aromatic heterocycles. The SMILES string of the molecule is CCc1[nH]c2nc(Sc3cnc4nc(C(C)=O)cnc4c3)nc(N3CC[C@H](N)C3)c2c1Cl. The third-order valence-corrected chi connectivity index (χ3v) is 6.69. The summed E-state index contributed by atoms with van der Waals surface area (Å²) in [6.07, 6.45) is 4.83. The molecule has 4 aromatic rings. The Morgan fingerprint density at radius 3 is 2.88 bits per heavy atom. The van der Waals surface area contributed by atoms with Crippen LogP contribution in [0.2, 0.25) is 5.02 Å². The zero-order valence-corrected chi connectivity index (χ0v) is 19.2. The summed E-state index contributed by atoms with van der Waals surface area (Å²) in [4.78, 5) is 40.4. The molecule has 0 spiro atoms. The third-order valence-electron chi connectivity index (χ3n) is 5.45. The maximum atomic E-state index is 11.5. The summed E-state index contributed by atoms with van der Waals surface area (Å²) in [6.45, 7) is 5.05. The molecule has 5 heterocycles. The van der Waals surface area contributed by atoms with Crippen molar-refractivity contribution in [3.8, 4) is 0 Å². The number of hydrogen-bond donors (Lipinski definition) is 2. The molecule has 11 heteroatoms. The van der Waals surface area contributed by atoms with Crippen molar-refractivity contribution in [2.45, 2.75) is 42.8 Å². The number of hydrogen-bond acceptors (Lipinski definition) is 9. The number of nitrogens with one attached hydrogen (secondary N) is 1. The first-order valence-electron chi connectivity index (χ1n) is 10.3. The highest BCUT2D eigenvalue weighted by atomic mass is 35.5. The molecule has 0 aliphatic carbocycles. The van der Waals surface area contributed by atoms with Gasteiger partial charge in [0.1, 0.15) is 22.7 Å². The smallest absolute Gasteiger partial charge is 0.196 e. The highest BCUT2D eigenvalue weighted by molar-refractivity contribution is 7.99. The van der Waals surface area contributed by atoms with Gasteiger partial charge >= 0.3 is 0 Å². The molecule has 5 rings (SSSR count). The predicted molar refractivity (Wildman–Crippen MR) is 125 cm³/mol. The Morgan fingerprint density at radius 2 is 2.16 bits per heavy atom. The quantitative estimate of drug-likeness (QED) is 0.334. The second kappa shape index (κ2) is 8.27. The van der Waals surface area contributed by atoms with Crippen LogP contribution in [-0.2, 0) is 6.42 Å². The summed E-state index contributed by atoms with van der Waals surface area (Å²) in [5.74, 6) is 0.651. The van der Waals surface area contributed by atoms with Gasteiger partial charge in [-0.2, -0.15) is 0 Å². The van der Waals surface area contributed by atoms with E-state index in [-0.39, 0.29) is 11.8 Å². The van der Waals surface area contributed by atoms with Gasteiger partial charge in [0, 0.05) is 42.8 Å². The highest BCUT2D eigenvalue weighted by Crippen LogP contribution is 2.37. The van der Waals surface area contributed by atoms with Crippen LogP contribution in [0.4, 0.5) is 5.82 Å². The molecule has 0 amide bonds. The number of pyridine rings is 1. The summed E-state index contributed by atoms with van der Waals surface area (Å²) in [5.41, 5.74) is 9.11. The predicted octanol–water partition coefficient (Wildman–Crippen LogP) is 3.40. The lowest BCUT2D eigenvalue weighted by Crippen LogP contribution is -2.27. The van der Waals surface area contributed by atoms with Gasteiger partial charge in [-0.3, -0.25) is 9.78 Å². The molecule has 0 bridgehead atoms. The molecular weight excluding hydrogens is 448 g/mol. The molecule has 1 saturated heterocycles. The van der Waals surface area contributed by atoms with Crippen LogP contribution in [0.1, 0.15) is 36.5 Å². The van der Waals surface area contributed by atoms with E-state index in [9.17, 15) is 4.79 Å². The van der Waals surface area contributed by atoms with Crippen molar-refractivity contribution in [2.75, 3.05) is 18.0 Å². The first-order chi connectivity index (χ1) is 15.4. The maximum Gasteiger partial charge on any atom is 0.196 e. The summed E-state index contributed by atoms with van der Waals surface area (Å²) in [5, 5.41) is 2.07. The molecule has 3 N–H and O–H groups in total. The van der Waals surface area contributed by atoms with Gasteiger partial charge < -0.3 is 15.6 Å². The number of rotatable bonds is 5. The van der Waals surface area contributed by atoms with E-state index < -0.39 is 0 Å². The Kier molecular flexibility index (Phi) is 5.44. The first kappa shape index (κ1) is 21.0. The van der Waals surface area contributed by atoms with Gasteiger partial charge in [0.15, 0.2) is 16.6 Å². The molecule has 1 fully saturated rings. The van der Waals surface area contributed by atoms with Crippen LogP contribution in [0, 0.1) is 0 Å². The van der Waals surface area contributed by atoms with Crippen molar-refractivity contribution in [2.24, 2.45) is 5.73 Å². The molecular formula is C21H21ClN8OS. The number of aryl methyl sites for hydroxylation is 1. The van der Waals surface area contributed by atoms with Crippen molar-refractivity contribution >= 4 is 57.2 Å². The standard InChI is InChI=1S/C21H21ClN8OS/c1-3-13-17(22)16-19(26-13)28-21(29-20(16)30-5-4-11(23)9-30)32-12-6-14-18(25-7-12)27-15(8-24-14)10(2)31/h6-8,11H,3-5,9,23H2,1-2H3,(H,26,28,29)/t11-/m0/s1. The Balaban J connectivity index is 1.55. The largest absolute Gasteiger partial charge is 0.354 e. The Morgan fingerprint density at radius 1 is 1.31 bits per heavy atom. The van der Waals surface area contributed by atoms with Gasteiger partial charge in [-0.1, -0.05) is 18.5 Å². The summed E-state index contributed by atoms with van der Waals surface area (Å²) in [7, 11) is 0. The van der Waals surface area contributed by atoms with Gasteiger partial charge in [-0.05, 0) is 30.7 Å². The Hall–Kier alpha value is -2.82. The molecule has 0 unspecified atom stereocenters. The minimum Gasteiger partial charge on any atom is -0.354 e. The van der Waals surface area contributed by atoms with Crippen LogP contribution < -0.4 is 10.6 Å². The monoisotopic (exact) mass is 468 g/mol. The molecule has 32 heavy (non-hydrogen) atoms. The lowest BCUT2D eigenvalue weighted by Gasteiger charge is -2.18. The van der Waals surface area contributed by atoms with Crippen LogP contribution in [0.3, 0.4) is 0 Å². The number of Topliss-reactive ketones (excluding diaryl/α,β-unsaturated/α-hetero) is 1. The molecule has 0 radical (unpaired) electrons. The van der Waals surface area contributed by atoms with E-state index in [4.69, 9.17) is 27.3 Å². The third kappa shape index (κ3) is 3.78. The average molecular weight is 469 g/mol. The van der Waals surface area contributed by atoms with Gasteiger partial charge in [0.25, 0.3) is 0 Å². The fourth-order valence-electron chi connectivity index (χ4n) is 3.78. The van der Waals surface area contributed by atoms with E-state index in [1.54, 1.807) is 6.20 Å². The van der Waals surface area contributed by atoms with E-state index in [1.807, 2.05) is 13.0 Å². The highest BCUT2D eigenvalue weighted by Gasteiger charge is 2.26. The van der Waals surface area contributed by atoms with Gasteiger partial charge in [-0.25, -0.2) is 19.9 Å². The zero-order valence-electron chi connectivity index (χ0n) is 17.6. The number of aromatic nitrogens is 6. The lowest BCUT2D eigenvalue weighted by atomic mass is 10.3. The topological polar surface area (TPSA) is 127 Å². The van der Waals surface area contributed by atoms with Gasteiger partial charge in [-0.15, -0.1) is 0 Å². The Bertz CT molecular complexity index is 1360. The lowest BCUT2D eigenvalue weighted by molar-refractivity contribution is 0.101. The molecule has 1 aliphatic rings. The van der Waals surface area contributed by atoms with E-state index in [2.05, 4.69) is 24.8 Å². The van der Waals surface area contributed by atoms with E-state index in [0.717, 1.165) is 47.7 Å². The number of fused-ring (bicyclic) bond motifs is 2. The second-order valence-electron chi connectivity index (χ2n) is 7.75. The van der Waals surface area contributed by atoms with Crippen LogP contribution >= 0.6 is 23.4 Å². The van der Waals surface area contributed by atoms with Crippen molar-refractivity contribution < 1.29 is 4.79 Å². The molecule has 1 aliphatic heterocycles. The summed E-state index contributed by atoms with van der Waals surface area (Å²) >= 11 is 8.05. The van der Waals surface area contributed by atoms with Gasteiger partial charge in [0.05, 0.1) is 16.6 Å². The zero-order chi connectivity index (χ0) is 22.4. The fourth-order valence-corrected chi connectivity index (χ4v) is 4.89. The van der Waals surface area contributed by atoms with E-state index in [0.29, 0.717) is 32.7 Å². The molecule has 164 valence electrons. The van der Waals surface area contributed by atoms with Crippen molar-refractivity contribution in [3.05, 3.63) is 34.9 Å². The number of halogens is 1. The van der Waals surface area contributed by atoms with Gasteiger partial charge in [0.2, 0.25) is 0 Å². The molecule has 0 saturated carbocycles. The number of nitrogens with two attached hydrogens (primary N) is 1. The molecule has 1 atom stereocenters. The summed E-state index contributed by atoms with van der Waals surface area (Å²) in [6, 6.07) is 1.98. The number of nitrogens with zero attached hydrogens (tertiary/aromatic N) is 6. The van der Waals surface area contributed by atoms with E-state index in [1.165, 1.54) is 24.9 Å². The van der Waals surface area contributed by atoms with Crippen molar-refractivity contribution in [1.82, 2.24) is 29.9 Å².